The Hall–Kier alpha value is -9.54. The molecule has 500 valence electrons. The van der Waals surface area contributed by atoms with Crippen molar-refractivity contribution < 1.29 is 43.7 Å². The number of imide groups is 1. The zero-order valence-electron chi connectivity index (χ0n) is 55.3. The molecule has 95 heavy (non-hydrogen) atoms. The monoisotopic (exact) mass is 1290 g/mol. The molecular weight excluding hydrogens is 1200 g/mol. The highest BCUT2D eigenvalue weighted by atomic mass is 16.6. The minimum Gasteiger partial charge on any atom is -0.444 e. The third kappa shape index (κ3) is 17.4. The van der Waals surface area contributed by atoms with E-state index >= 15 is 0 Å². The third-order valence-corrected chi connectivity index (χ3v) is 17.3. The van der Waals surface area contributed by atoms with E-state index in [9.17, 15) is 28.8 Å². The third-order valence-electron chi connectivity index (χ3n) is 17.3. The van der Waals surface area contributed by atoms with Gasteiger partial charge in [-0.1, -0.05) is 121 Å². The molecule has 0 aliphatic carbocycles. The molecule has 7 aromatic carbocycles. The number of amides is 6. The highest BCUT2D eigenvalue weighted by Gasteiger charge is 2.37. The molecule has 4 atom stereocenters. The number of rotatable bonds is 17. The van der Waals surface area contributed by atoms with E-state index in [2.05, 4.69) is 92.1 Å². The molecule has 3 aliphatic rings. The number of fused-ring (bicyclic) bond motifs is 5. The van der Waals surface area contributed by atoms with Crippen molar-refractivity contribution in [2.45, 2.75) is 141 Å². The Labute approximate surface area is 554 Å². The molecule has 2 aromatic heterocycles. The largest absolute Gasteiger partial charge is 0.444 e. The van der Waals surface area contributed by atoms with Crippen LogP contribution in [0.25, 0.3) is 43.6 Å². The smallest absolute Gasteiger partial charge is 0.407 e. The molecule has 3 aliphatic heterocycles. The Bertz CT molecular complexity index is 4150. The first-order chi connectivity index (χ1) is 45.2. The number of likely N-dealkylation sites (tertiary alicyclic amines) is 2. The van der Waals surface area contributed by atoms with Crippen LogP contribution in [-0.2, 0) is 45.0 Å². The quantitative estimate of drug-likeness (QED) is 0.0322. The predicted octanol–water partition coefficient (Wildman–Crippen LogP) is 10.1. The number of alkyl carbamates (subject to hydrolysis) is 2. The number of para-hydroxylation sites is 4. The van der Waals surface area contributed by atoms with Crippen molar-refractivity contribution in [1.82, 2.24) is 44.4 Å². The van der Waals surface area contributed by atoms with Crippen molar-refractivity contribution in [2.24, 2.45) is 17.4 Å². The van der Waals surface area contributed by atoms with Crippen LogP contribution in [0.15, 0.2) is 158 Å². The number of hydrogen-bond donors (Lipinski definition) is 5. The van der Waals surface area contributed by atoms with Gasteiger partial charge in [0.25, 0.3) is 11.8 Å². The van der Waals surface area contributed by atoms with Crippen LogP contribution in [0.3, 0.4) is 0 Å². The number of ether oxygens (including phenoxy) is 2. The van der Waals surface area contributed by atoms with E-state index in [1.54, 1.807) is 24.3 Å². The summed E-state index contributed by atoms with van der Waals surface area (Å²) in [5.41, 5.74) is 11.4. The van der Waals surface area contributed by atoms with Crippen molar-refractivity contribution >= 4 is 79.4 Å². The number of carbonyl (C=O) groups is 6. The maximum atomic E-state index is 14.0. The van der Waals surface area contributed by atoms with Crippen molar-refractivity contribution in [1.29, 1.82) is 0 Å². The summed E-state index contributed by atoms with van der Waals surface area (Å²) in [6.45, 7) is 15.1. The highest BCUT2D eigenvalue weighted by molar-refractivity contribution is 6.21. The molecule has 0 bridgehead atoms. The second kappa shape index (κ2) is 31.1. The normalized spacial score (nSPS) is 16.2. The Kier molecular flexibility index (Phi) is 22.9. The van der Waals surface area contributed by atoms with Crippen LogP contribution in [0.2, 0.25) is 0 Å². The molecule has 2 saturated heterocycles. The second-order valence-corrected chi connectivity index (χ2v) is 26.5. The van der Waals surface area contributed by atoms with Gasteiger partial charge in [-0.05, 0) is 149 Å². The molecule has 0 radical (unpaired) electrons. The van der Waals surface area contributed by atoms with E-state index in [4.69, 9.17) is 25.2 Å². The summed E-state index contributed by atoms with van der Waals surface area (Å²) in [4.78, 5) is 94.8. The van der Waals surface area contributed by atoms with Gasteiger partial charge < -0.3 is 50.3 Å². The minimum absolute atomic E-state index is 0. The van der Waals surface area contributed by atoms with Crippen LogP contribution in [0.5, 0.6) is 0 Å². The van der Waals surface area contributed by atoms with E-state index in [-0.39, 0.29) is 60.3 Å². The molecule has 5 heterocycles. The number of piperidine rings is 2. The summed E-state index contributed by atoms with van der Waals surface area (Å²) in [6.07, 6.45) is 3.76. The Morgan fingerprint density at radius 3 is 1.34 bits per heavy atom. The standard InChI is InChI=1S/C41H43N5O5.C33H41N5O3.H4N2.H2O/c1-41(2,3)51-40(50)42-31(24-27-18-19-28-11-4-5-12-29(28)23-27)25-36(47)44-20-10-13-30(26-44)37-43-34-16-8-9-17-35(34)45(37)21-22-46-38(48)32-14-6-7-15-33(32)39(46)49;1-33(2,3)41-32(40)35-27(20-23-14-15-24-9-4-5-10-25(24)19-23)21-30(39)37-17-8-11-26(22-37)31-36-28-12-6-7-13-29(28)38(31)18-16-34;1-2;/h4-9,11-12,14-19,23,30-31H,10,13,20-22,24-26H2,1-3H3,(H,42,50);4-7,9-10,12-15,19,26-27H,8,11,16-18,20-22,34H2,1-3H3,(H,35,40);1-2H2;1H2/t30-,31-;26-,27-;;/m11../s1. The highest BCUT2D eigenvalue weighted by Crippen LogP contribution is 2.33. The summed E-state index contributed by atoms with van der Waals surface area (Å²) in [5, 5.41) is 10.5. The Morgan fingerprint density at radius 2 is 0.916 bits per heavy atom. The summed E-state index contributed by atoms with van der Waals surface area (Å²) in [6, 6.07) is 50.8. The first-order valence-corrected chi connectivity index (χ1v) is 32.6. The van der Waals surface area contributed by atoms with E-state index in [1.165, 1.54) is 4.90 Å². The summed E-state index contributed by atoms with van der Waals surface area (Å²) >= 11 is 0. The van der Waals surface area contributed by atoms with Gasteiger partial charge in [0.15, 0.2) is 0 Å². The van der Waals surface area contributed by atoms with E-state index in [0.29, 0.717) is 69.8 Å². The van der Waals surface area contributed by atoms with E-state index in [1.807, 2.05) is 124 Å². The number of nitrogens with one attached hydrogen (secondary N) is 2. The van der Waals surface area contributed by atoms with Gasteiger partial charge >= 0.3 is 12.2 Å². The molecule has 0 saturated carbocycles. The van der Waals surface area contributed by atoms with Crippen molar-refractivity contribution in [2.75, 3.05) is 39.3 Å². The van der Waals surface area contributed by atoms with Gasteiger partial charge in [0.2, 0.25) is 11.8 Å². The van der Waals surface area contributed by atoms with Crippen molar-refractivity contribution in [3.8, 4) is 0 Å². The van der Waals surface area contributed by atoms with Crippen LogP contribution in [0.1, 0.15) is 135 Å². The zero-order chi connectivity index (χ0) is 66.7. The molecular formula is C74H90N12O9. The summed E-state index contributed by atoms with van der Waals surface area (Å²) < 4.78 is 15.4. The van der Waals surface area contributed by atoms with Crippen LogP contribution in [-0.4, -0.2) is 138 Å². The average Bonchev–Trinajstić information content (AvgIpc) is 1.66. The zero-order valence-corrected chi connectivity index (χ0v) is 55.3. The molecule has 21 heteroatoms. The molecule has 6 amide bonds. The molecule has 12 rings (SSSR count). The van der Waals surface area contributed by atoms with Crippen LogP contribution >= 0.6 is 0 Å². The molecule has 0 unspecified atom stereocenters. The molecule has 0 spiro atoms. The van der Waals surface area contributed by atoms with Crippen molar-refractivity contribution in [3.05, 3.63) is 192 Å². The number of imidazole rings is 2. The van der Waals surface area contributed by atoms with Gasteiger partial charge in [-0.15, -0.1) is 0 Å². The fourth-order valence-electron chi connectivity index (χ4n) is 13.2. The summed E-state index contributed by atoms with van der Waals surface area (Å²) in [7, 11) is 0. The predicted molar refractivity (Wildman–Crippen MR) is 370 cm³/mol. The number of nitrogens with zero attached hydrogens (tertiary/aromatic N) is 7. The SMILES string of the molecule is CC(C)(C)OC(=O)N[C@@H](CC(=O)N1CCC[C@@H](c2nc3ccccc3n2CCN)C1)Cc1ccc2ccccc2c1.CC(C)(C)OC(=O)N[C@@H](CC(=O)N1CCC[C@@H](c2nc3ccccc3n2CCN2C(=O)c3ccccc3C2=O)C1)Cc1ccc2ccccc2c1.NN.O. The lowest BCUT2D eigenvalue weighted by atomic mass is 9.95. The number of benzene rings is 7. The van der Waals surface area contributed by atoms with Crippen LogP contribution in [0, 0.1) is 0 Å². The molecule has 2 fully saturated rings. The van der Waals surface area contributed by atoms with Gasteiger partial charge in [-0.2, -0.15) is 0 Å². The molecule has 21 nitrogen and oxygen atoms in total. The summed E-state index contributed by atoms with van der Waals surface area (Å²) in [5.74, 6) is 9.33. The lowest BCUT2D eigenvalue weighted by Crippen LogP contribution is -2.46. The maximum absolute atomic E-state index is 14.0. The van der Waals surface area contributed by atoms with Gasteiger partial charge in [0.1, 0.15) is 22.9 Å². The van der Waals surface area contributed by atoms with E-state index in [0.717, 1.165) is 92.1 Å². The number of carbonyl (C=O) groups excluding carboxylic acids is 6. The first kappa shape index (κ1) is 69.8. The number of hydrogen-bond acceptors (Lipinski definition) is 13. The van der Waals surface area contributed by atoms with Crippen molar-refractivity contribution in [3.63, 3.8) is 0 Å². The fourth-order valence-corrected chi connectivity index (χ4v) is 13.2. The van der Waals surface area contributed by atoms with Gasteiger partial charge in [-0.25, -0.2) is 19.6 Å². The van der Waals surface area contributed by atoms with Gasteiger partial charge in [0, 0.05) is 89.1 Å². The lowest BCUT2D eigenvalue weighted by molar-refractivity contribution is -0.133. The lowest BCUT2D eigenvalue weighted by Gasteiger charge is -2.34. The maximum Gasteiger partial charge on any atom is 0.407 e. The minimum atomic E-state index is -0.674. The van der Waals surface area contributed by atoms with Crippen LogP contribution in [0.4, 0.5) is 9.59 Å². The van der Waals surface area contributed by atoms with E-state index < -0.39 is 35.5 Å². The second-order valence-electron chi connectivity index (χ2n) is 26.5. The fraction of sp³-hybridized carbons (Fsp3) is 0.378. The average molecular weight is 1290 g/mol. The molecule has 10 N–H and O–H groups in total. The van der Waals surface area contributed by atoms with Gasteiger partial charge in [0.05, 0.1) is 33.2 Å². The number of aromatic nitrogens is 4. The Morgan fingerprint density at radius 1 is 0.526 bits per heavy atom. The first-order valence-electron chi connectivity index (χ1n) is 32.6. The number of hydrazine groups is 1. The molecule has 9 aromatic rings. The van der Waals surface area contributed by atoms with Gasteiger partial charge in [-0.3, -0.25) is 35.8 Å². The topological polar surface area (TPSA) is 300 Å². The number of nitrogens with two attached hydrogens (primary N) is 3. The van der Waals surface area contributed by atoms with Crippen LogP contribution < -0.4 is 28.1 Å². The Balaban J connectivity index is 0.000000220.